The van der Waals surface area contributed by atoms with Crippen molar-refractivity contribution in [2.75, 3.05) is 20.2 Å². The summed E-state index contributed by atoms with van der Waals surface area (Å²) in [6.45, 7) is 5.29. The van der Waals surface area contributed by atoms with Gasteiger partial charge in [-0.1, -0.05) is 55.5 Å². The smallest absolute Gasteiger partial charge is 0.123 e. The molecule has 24 heavy (non-hydrogen) atoms. The standard InChI is InChI=1S/C21H28N2O/c1-16-12-19(21(23-13-16)17-8-4-3-5-9-17)15-22-14-18-10-6-7-11-20(18)24-2/h3-11,16,19,21-23H,12-15H2,1-2H3/t16-,19-,21+/m0/s1. The monoisotopic (exact) mass is 324 g/mol. The fourth-order valence-electron chi connectivity index (χ4n) is 3.72. The molecule has 0 radical (unpaired) electrons. The highest BCUT2D eigenvalue weighted by molar-refractivity contribution is 5.33. The number of rotatable bonds is 6. The third-order valence-corrected chi connectivity index (χ3v) is 4.94. The van der Waals surface area contributed by atoms with Gasteiger partial charge in [0.25, 0.3) is 0 Å². The molecular weight excluding hydrogens is 296 g/mol. The third kappa shape index (κ3) is 4.16. The Morgan fingerprint density at radius 1 is 1.08 bits per heavy atom. The summed E-state index contributed by atoms with van der Waals surface area (Å²) < 4.78 is 5.44. The lowest BCUT2D eigenvalue weighted by molar-refractivity contribution is 0.223. The van der Waals surface area contributed by atoms with Crippen molar-refractivity contribution in [3.05, 3.63) is 65.7 Å². The Labute approximate surface area is 145 Å². The number of methoxy groups -OCH3 is 1. The Morgan fingerprint density at radius 3 is 2.62 bits per heavy atom. The third-order valence-electron chi connectivity index (χ3n) is 4.94. The second-order valence-corrected chi connectivity index (χ2v) is 6.84. The Hall–Kier alpha value is -1.84. The minimum absolute atomic E-state index is 0.438. The maximum atomic E-state index is 5.44. The number of piperidine rings is 1. The van der Waals surface area contributed by atoms with Gasteiger partial charge in [-0.05, 0) is 36.4 Å². The molecule has 3 nitrogen and oxygen atoms in total. The molecule has 1 aliphatic heterocycles. The zero-order valence-corrected chi connectivity index (χ0v) is 14.7. The molecule has 2 N–H and O–H groups in total. The molecule has 2 aromatic carbocycles. The number of hydrogen-bond acceptors (Lipinski definition) is 3. The van der Waals surface area contributed by atoms with E-state index in [1.54, 1.807) is 7.11 Å². The van der Waals surface area contributed by atoms with Gasteiger partial charge in [0.2, 0.25) is 0 Å². The molecule has 0 bridgehead atoms. The average Bonchev–Trinajstić information content (AvgIpc) is 2.63. The van der Waals surface area contributed by atoms with Gasteiger partial charge in [-0.15, -0.1) is 0 Å². The van der Waals surface area contributed by atoms with Crippen LogP contribution in [0.2, 0.25) is 0 Å². The molecule has 3 atom stereocenters. The van der Waals surface area contributed by atoms with E-state index in [0.29, 0.717) is 12.0 Å². The van der Waals surface area contributed by atoms with Crippen molar-refractivity contribution in [1.29, 1.82) is 0 Å². The van der Waals surface area contributed by atoms with Crippen molar-refractivity contribution in [2.45, 2.75) is 25.9 Å². The van der Waals surface area contributed by atoms with E-state index in [1.165, 1.54) is 17.5 Å². The summed E-state index contributed by atoms with van der Waals surface area (Å²) in [6.07, 6.45) is 1.26. The predicted molar refractivity (Wildman–Crippen MR) is 99.2 cm³/mol. The molecule has 0 amide bonds. The largest absolute Gasteiger partial charge is 0.496 e. The Balaban J connectivity index is 1.63. The highest BCUT2D eigenvalue weighted by atomic mass is 16.5. The van der Waals surface area contributed by atoms with Crippen LogP contribution in [0.15, 0.2) is 54.6 Å². The molecule has 2 aromatic rings. The molecular formula is C21H28N2O. The fourth-order valence-corrected chi connectivity index (χ4v) is 3.72. The zero-order valence-electron chi connectivity index (χ0n) is 14.7. The topological polar surface area (TPSA) is 33.3 Å². The normalized spacial score (nSPS) is 23.8. The number of benzene rings is 2. The van der Waals surface area contributed by atoms with Crippen LogP contribution in [0, 0.1) is 11.8 Å². The SMILES string of the molecule is COc1ccccc1CNC[C@@H]1C[C@H](C)CN[C@@H]1c1ccccc1. The van der Waals surface area contributed by atoms with Crippen LogP contribution in [-0.2, 0) is 6.54 Å². The molecule has 1 aliphatic rings. The zero-order chi connectivity index (χ0) is 16.8. The first-order chi connectivity index (χ1) is 11.8. The van der Waals surface area contributed by atoms with Crippen LogP contribution in [0.5, 0.6) is 5.75 Å². The van der Waals surface area contributed by atoms with E-state index in [1.807, 2.05) is 12.1 Å². The van der Waals surface area contributed by atoms with Crippen molar-refractivity contribution in [2.24, 2.45) is 11.8 Å². The van der Waals surface area contributed by atoms with Crippen molar-refractivity contribution in [3.63, 3.8) is 0 Å². The molecule has 1 heterocycles. The molecule has 0 aliphatic carbocycles. The van der Waals surface area contributed by atoms with E-state index in [0.717, 1.165) is 31.3 Å². The summed E-state index contributed by atoms with van der Waals surface area (Å²) in [5.74, 6) is 2.29. The first-order valence-corrected chi connectivity index (χ1v) is 8.89. The highest BCUT2D eigenvalue weighted by Crippen LogP contribution is 2.31. The van der Waals surface area contributed by atoms with E-state index < -0.39 is 0 Å². The number of nitrogens with one attached hydrogen (secondary N) is 2. The Morgan fingerprint density at radius 2 is 1.83 bits per heavy atom. The molecule has 1 fully saturated rings. The van der Waals surface area contributed by atoms with Crippen molar-refractivity contribution >= 4 is 0 Å². The molecule has 128 valence electrons. The van der Waals surface area contributed by atoms with Crippen molar-refractivity contribution in [3.8, 4) is 5.75 Å². The molecule has 0 unspecified atom stereocenters. The first-order valence-electron chi connectivity index (χ1n) is 8.89. The summed E-state index contributed by atoms with van der Waals surface area (Å²) >= 11 is 0. The summed E-state index contributed by atoms with van der Waals surface area (Å²) in [4.78, 5) is 0. The number of ether oxygens (including phenoxy) is 1. The fraction of sp³-hybridized carbons (Fsp3) is 0.429. The Bertz CT molecular complexity index is 629. The van der Waals surface area contributed by atoms with Crippen LogP contribution in [0.4, 0.5) is 0 Å². The van der Waals surface area contributed by atoms with E-state index in [9.17, 15) is 0 Å². The summed E-state index contributed by atoms with van der Waals surface area (Å²) in [5, 5.41) is 7.39. The van der Waals surface area contributed by atoms with Gasteiger partial charge in [0.1, 0.15) is 5.75 Å². The van der Waals surface area contributed by atoms with Crippen LogP contribution >= 0.6 is 0 Å². The van der Waals surface area contributed by atoms with Crippen molar-refractivity contribution < 1.29 is 4.74 Å². The van der Waals surface area contributed by atoms with E-state index in [-0.39, 0.29) is 0 Å². The van der Waals surface area contributed by atoms with Crippen molar-refractivity contribution in [1.82, 2.24) is 10.6 Å². The quantitative estimate of drug-likeness (QED) is 0.848. The van der Waals surface area contributed by atoms with Crippen LogP contribution in [0.25, 0.3) is 0 Å². The highest BCUT2D eigenvalue weighted by Gasteiger charge is 2.28. The minimum atomic E-state index is 0.438. The first kappa shape index (κ1) is 17.0. The van der Waals surface area contributed by atoms with Gasteiger partial charge in [-0.25, -0.2) is 0 Å². The molecule has 1 saturated heterocycles. The Kier molecular flexibility index (Phi) is 5.89. The predicted octanol–water partition coefficient (Wildman–Crippen LogP) is 3.77. The van der Waals surface area contributed by atoms with Crippen LogP contribution in [0.3, 0.4) is 0 Å². The van der Waals surface area contributed by atoms with Gasteiger partial charge in [-0.3, -0.25) is 0 Å². The summed E-state index contributed by atoms with van der Waals surface area (Å²) in [5.41, 5.74) is 2.61. The molecule has 0 aromatic heterocycles. The van der Waals surface area contributed by atoms with Gasteiger partial charge in [0, 0.05) is 24.7 Å². The lowest BCUT2D eigenvalue weighted by atomic mass is 9.82. The van der Waals surface area contributed by atoms with Crippen LogP contribution in [0.1, 0.15) is 30.5 Å². The van der Waals surface area contributed by atoms with Gasteiger partial charge in [-0.2, -0.15) is 0 Å². The van der Waals surface area contributed by atoms with Crippen LogP contribution in [-0.4, -0.2) is 20.2 Å². The maximum absolute atomic E-state index is 5.44. The molecule has 3 rings (SSSR count). The van der Waals surface area contributed by atoms with E-state index >= 15 is 0 Å². The van der Waals surface area contributed by atoms with Crippen LogP contribution < -0.4 is 15.4 Å². The second kappa shape index (κ2) is 8.32. The minimum Gasteiger partial charge on any atom is -0.496 e. The molecule has 0 saturated carbocycles. The van der Waals surface area contributed by atoms with E-state index in [4.69, 9.17) is 4.74 Å². The lowest BCUT2D eigenvalue weighted by Crippen LogP contribution is -2.42. The molecule has 0 spiro atoms. The summed E-state index contributed by atoms with van der Waals surface area (Å²) in [6, 6.07) is 19.5. The van der Waals surface area contributed by atoms with Gasteiger partial charge in [0.15, 0.2) is 0 Å². The lowest BCUT2D eigenvalue weighted by Gasteiger charge is -2.36. The average molecular weight is 324 g/mol. The van der Waals surface area contributed by atoms with Gasteiger partial charge in [0.05, 0.1) is 7.11 Å². The maximum Gasteiger partial charge on any atom is 0.123 e. The number of hydrogen-bond donors (Lipinski definition) is 2. The van der Waals surface area contributed by atoms with E-state index in [2.05, 4.69) is 60.0 Å². The van der Waals surface area contributed by atoms with Gasteiger partial charge < -0.3 is 15.4 Å². The summed E-state index contributed by atoms with van der Waals surface area (Å²) in [7, 11) is 1.73. The number of para-hydroxylation sites is 1. The van der Waals surface area contributed by atoms with Gasteiger partial charge >= 0.3 is 0 Å². The molecule has 3 heteroatoms. The second-order valence-electron chi connectivity index (χ2n) is 6.84.